The lowest BCUT2D eigenvalue weighted by molar-refractivity contribution is -0.305. The van der Waals surface area contributed by atoms with E-state index in [1.54, 1.807) is 12.1 Å². The molecule has 0 spiro atoms. The third-order valence-electron chi connectivity index (χ3n) is 2.76. The highest BCUT2D eigenvalue weighted by Crippen LogP contribution is 2.32. The number of phenols is 1. The zero-order valence-electron chi connectivity index (χ0n) is 11.8. The Hall–Kier alpha value is -2.07. The van der Waals surface area contributed by atoms with Gasteiger partial charge in [-0.25, -0.2) is 0 Å². The number of nitrogens with one attached hydrogen (secondary N) is 1. The number of thioether (sulfide) groups is 1. The van der Waals surface area contributed by atoms with Crippen molar-refractivity contribution in [3.05, 3.63) is 22.2 Å². The second kappa shape index (κ2) is 7.47. The van der Waals surface area contributed by atoms with Crippen LogP contribution in [0.5, 0.6) is 11.5 Å². The van der Waals surface area contributed by atoms with Gasteiger partial charge in [-0.15, -0.1) is 5.10 Å². The number of methoxy groups -OCH3 is 1. The quantitative estimate of drug-likeness (QED) is 0.538. The first-order chi connectivity index (χ1) is 10.9. The van der Waals surface area contributed by atoms with Crippen molar-refractivity contribution < 1.29 is 24.5 Å². The van der Waals surface area contributed by atoms with Crippen LogP contribution in [0, 0.1) is 0 Å². The van der Waals surface area contributed by atoms with Crippen LogP contribution < -0.4 is 15.2 Å². The first kappa shape index (κ1) is 17.3. The minimum atomic E-state index is -1.31. The second-order valence-electron chi connectivity index (χ2n) is 4.37. The molecule has 10 heteroatoms. The fourth-order valence-electron chi connectivity index (χ4n) is 1.73. The number of carboxylic acids is 1. The molecule has 0 saturated carbocycles. The van der Waals surface area contributed by atoms with Crippen molar-refractivity contribution >= 4 is 51.0 Å². The molecule has 1 aromatic carbocycles. The van der Waals surface area contributed by atoms with Gasteiger partial charge in [-0.05, 0) is 12.1 Å². The molecule has 0 unspecified atom stereocenters. The van der Waals surface area contributed by atoms with Crippen LogP contribution in [-0.4, -0.2) is 40.7 Å². The number of aliphatic carboxylic acids is 1. The maximum absolute atomic E-state index is 11.5. The molecule has 0 aromatic heterocycles. The van der Waals surface area contributed by atoms with Crippen molar-refractivity contribution in [1.82, 2.24) is 5.32 Å². The maximum atomic E-state index is 11.5. The molecule has 1 amide bonds. The Bertz CT molecular complexity index is 707. The summed E-state index contributed by atoms with van der Waals surface area (Å²) < 4.78 is 5.69. The summed E-state index contributed by atoms with van der Waals surface area (Å²) in [7, 11) is 1.42. The lowest BCUT2D eigenvalue weighted by Crippen LogP contribution is -2.31. The van der Waals surface area contributed by atoms with Crippen LogP contribution >= 0.6 is 27.7 Å². The van der Waals surface area contributed by atoms with Crippen LogP contribution in [0.1, 0.15) is 12.0 Å². The fraction of sp³-hybridized carbons (Fsp3) is 0.231. The maximum Gasteiger partial charge on any atom is 0.239 e. The van der Waals surface area contributed by atoms with Crippen LogP contribution in [0.15, 0.2) is 26.8 Å². The number of hydrogen-bond acceptors (Lipinski definition) is 8. The molecule has 1 saturated heterocycles. The summed E-state index contributed by atoms with van der Waals surface area (Å²) in [5.74, 6) is -1.60. The van der Waals surface area contributed by atoms with Crippen LogP contribution in [0.3, 0.4) is 0 Å². The Labute approximate surface area is 143 Å². The third-order valence-corrected chi connectivity index (χ3v) is 4.29. The molecule has 1 atom stereocenters. The number of carbonyl (C=O) groups excluding carboxylic acids is 2. The molecular formula is C13H11BrN3O5S-. The van der Waals surface area contributed by atoms with Crippen molar-refractivity contribution in [2.75, 3.05) is 7.11 Å². The molecule has 1 fully saturated rings. The number of rotatable bonds is 5. The third kappa shape index (κ3) is 4.45. The highest BCUT2D eigenvalue weighted by molar-refractivity contribution is 9.10. The molecule has 0 bridgehead atoms. The summed E-state index contributed by atoms with van der Waals surface area (Å²) in [6, 6.07) is 3.21. The standard InChI is InChI=1S/C13H12BrN3O5S/c1-22-8-3-7(14)2-6(11(8)20)5-15-17-13-16-12(21)9(23-13)4-10(18)19/h2-3,5,9,20H,4H2,1H3,(H,18,19)(H,16,17,21)/p-1/b15-5+/t9-/m0/s1. The molecule has 0 radical (unpaired) electrons. The minimum absolute atomic E-state index is 0.0995. The Morgan fingerprint density at radius 2 is 2.35 bits per heavy atom. The Morgan fingerprint density at radius 3 is 3.00 bits per heavy atom. The van der Waals surface area contributed by atoms with E-state index in [0.29, 0.717) is 10.0 Å². The SMILES string of the molecule is COc1cc(Br)cc(/C=N/N=C2/NC(=O)[C@H](CC(=O)[O-])S2)c1O. The highest BCUT2D eigenvalue weighted by atomic mass is 79.9. The number of halogens is 1. The van der Waals surface area contributed by atoms with Gasteiger partial charge in [-0.1, -0.05) is 27.7 Å². The van der Waals surface area contributed by atoms with E-state index < -0.39 is 23.5 Å². The number of nitrogens with zero attached hydrogens (tertiary/aromatic N) is 2. The average molecular weight is 401 g/mol. The molecule has 1 aliphatic heterocycles. The number of aromatic hydroxyl groups is 1. The van der Waals surface area contributed by atoms with Gasteiger partial charge < -0.3 is 25.1 Å². The molecular weight excluding hydrogens is 390 g/mol. The molecule has 1 aromatic rings. The summed E-state index contributed by atoms with van der Waals surface area (Å²) in [6.45, 7) is 0. The van der Waals surface area contributed by atoms with Crippen LogP contribution in [0.25, 0.3) is 0 Å². The molecule has 8 nitrogen and oxygen atoms in total. The van der Waals surface area contributed by atoms with Crippen LogP contribution in [0.2, 0.25) is 0 Å². The van der Waals surface area contributed by atoms with Gasteiger partial charge in [0.15, 0.2) is 16.7 Å². The number of amidine groups is 1. The van der Waals surface area contributed by atoms with E-state index >= 15 is 0 Å². The van der Waals surface area contributed by atoms with Crippen LogP contribution in [0.4, 0.5) is 0 Å². The highest BCUT2D eigenvalue weighted by Gasteiger charge is 2.30. The van der Waals surface area contributed by atoms with Crippen molar-refractivity contribution in [2.24, 2.45) is 10.2 Å². The summed E-state index contributed by atoms with van der Waals surface area (Å²) in [5.41, 5.74) is 0.362. The second-order valence-corrected chi connectivity index (χ2v) is 6.47. The first-order valence-electron chi connectivity index (χ1n) is 6.25. The van der Waals surface area contributed by atoms with Crippen molar-refractivity contribution in [2.45, 2.75) is 11.7 Å². The van der Waals surface area contributed by atoms with Gasteiger partial charge in [-0.2, -0.15) is 5.10 Å². The van der Waals surface area contributed by atoms with Gasteiger partial charge in [0.05, 0.1) is 18.6 Å². The number of amides is 1. The van der Waals surface area contributed by atoms with Gasteiger partial charge >= 0.3 is 0 Å². The fourth-order valence-corrected chi connectivity index (χ4v) is 3.09. The zero-order valence-corrected chi connectivity index (χ0v) is 14.2. The average Bonchev–Trinajstić information content (AvgIpc) is 2.81. The molecule has 0 aliphatic carbocycles. The lowest BCUT2D eigenvalue weighted by atomic mass is 10.2. The zero-order chi connectivity index (χ0) is 17.0. The Morgan fingerprint density at radius 1 is 1.61 bits per heavy atom. The number of carboxylic acid groups (broad SMARTS) is 1. The summed E-state index contributed by atoms with van der Waals surface area (Å²) in [4.78, 5) is 22.0. The summed E-state index contributed by atoms with van der Waals surface area (Å²) >= 11 is 4.23. The Balaban J connectivity index is 2.12. The van der Waals surface area contributed by atoms with Crippen LogP contribution in [-0.2, 0) is 9.59 Å². The monoisotopic (exact) mass is 400 g/mol. The molecule has 1 heterocycles. The number of carbonyl (C=O) groups is 2. The summed E-state index contributed by atoms with van der Waals surface area (Å²) in [6.07, 6.45) is 0.886. The summed E-state index contributed by atoms with van der Waals surface area (Å²) in [5, 5.41) is 29.9. The van der Waals surface area contributed by atoms with Gasteiger partial charge in [0.2, 0.25) is 5.91 Å². The molecule has 2 rings (SSSR count). The smallest absolute Gasteiger partial charge is 0.239 e. The predicted molar refractivity (Wildman–Crippen MR) is 86.5 cm³/mol. The Kier molecular flexibility index (Phi) is 5.61. The number of benzene rings is 1. The van der Waals surface area contributed by atoms with Crippen molar-refractivity contribution in [1.29, 1.82) is 0 Å². The van der Waals surface area contributed by atoms with E-state index in [0.717, 1.165) is 11.8 Å². The van der Waals surface area contributed by atoms with E-state index in [9.17, 15) is 19.8 Å². The van der Waals surface area contributed by atoms with E-state index in [4.69, 9.17) is 4.74 Å². The lowest BCUT2D eigenvalue weighted by Gasteiger charge is -2.06. The van der Waals surface area contributed by atoms with E-state index in [-0.39, 0.29) is 16.7 Å². The van der Waals surface area contributed by atoms with Gasteiger partial charge in [0.1, 0.15) is 0 Å². The molecule has 23 heavy (non-hydrogen) atoms. The van der Waals surface area contributed by atoms with E-state index in [1.807, 2.05) is 0 Å². The minimum Gasteiger partial charge on any atom is -0.550 e. The van der Waals surface area contributed by atoms with E-state index in [2.05, 4.69) is 31.4 Å². The predicted octanol–water partition coefficient (Wildman–Crippen LogP) is 0.225. The number of phenolic OH excluding ortho intramolecular Hbond substituents is 1. The van der Waals surface area contributed by atoms with Crippen molar-refractivity contribution in [3.63, 3.8) is 0 Å². The van der Waals surface area contributed by atoms with Gasteiger partial charge in [-0.3, -0.25) is 4.79 Å². The molecule has 2 N–H and O–H groups in total. The number of hydrogen-bond donors (Lipinski definition) is 2. The van der Waals surface area contributed by atoms with Gasteiger partial charge in [0, 0.05) is 22.4 Å². The van der Waals surface area contributed by atoms with Gasteiger partial charge in [0.25, 0.3) is 0 Å². The largest absolute Gasteiger partial charge is 0.550 e. The van der Waals surface area contributed by atoms with Crippen molar-refractivity contribution in [3.8, 4) is 11.5 Å². The number of ether oxygens (including phenoxy) is 1. The normalized spacial score (nSPS) is 19.3. The van der Waals surface area contributed by atoms with E-state index in [1.165, 1.54) is 13.3 Å². The molecule has 122 valence electrons. The first-order valence-corrected chi connectivity index (χ1v) is 7.93. The topological polar surface area (TPSA) is 123 Å². The molecule has 1 aliphatic rings.